The van der Waals surface area contributed by atoms with E-state index in [0.29, 0.717) is 11.6 Å². The van der Waals surface area contributed by atoms with E-state index < -0.39 is 5.91 Å². The molecule has 0 unspecified atom stereocenters. The van der Waals surface area contributed by atoms with Crippen LogP contribution in [0.2, 0.25) is 10.0 Å². The molecule has 2 amide bonds. The maximum atomic E-state index is 12.6. The van der Waals surface area contributed by atoms with Crippen LogP contribution < -0.4 is 10.6 Å². The molecule has 0 radical (unpaired) electrons. The molecule has 0 saturated heterocycles. The average molecular weight is 407 g/mol. The Bertz CT molecular complexity index is 1010. The summed E-state index contributed by atoms with van der Waals surface area (Å²) in [5.74, 6) is -0.845. The van der Waals surface area contributed by atoms with E-state index in [-0.39, 0.29) is 27.9 Å². The van der Waals surface area contributed by atoms with E-state index >= 15 is 0 Å². The quantitative estimate of drug-likeness (QED) is 0.680. The van der Waals surface area contributed by atoms with Gasteiger partial charge in [-0.3, -0.25) is 19.0 Å². The second-order valence-electron chi connectivity index (χ2n) is 5.81. The van der Waals surface area contributed by atoms with Crippen molar-refractivity contribution in [2.24, 2.45) is 14.1 Å². The highest BCUT2D eigenvalue weighted by atomic mass is 35.5. The number of nitrogens with zero attached hydrogens (tertiary/aromatic N) is 4. The lowest BCUT2D eigenvalue weighted by molar-refractivity contribution is 0.0942. The number of carbonyl (C=O) groups excluding carboxylic acids is 2. The molecule has 0 fully saturated rings. The fourth-order valence-electron chi connectivity index (χ4n) is 2.49. The third-order valence-electron chi connectivity index (χ3n) is 3.79. The van der Waals surface area contributed by atoms with E-state index in [1.165, 1.54) is 23.0 Å². The van der Waals surface area contributed by atoms with Crippen molar-refractivity contribution in [3.8, 4) is 0 Å². The first kappa shape index (κ1) is 18.9. The van der Waals surface area contributed by atoms with Gasteiger partial charge in [0.1, 0.15) is 5.69 Å². The molecule has 0 saturated carbocycles. The standard InChI is InChI=1S/C17H16Cl2N6O2/c1-24-9-10(7-21-24)6-20-17(27)15-14(8-22-25(15)2)23-16(26)12-4-3-11(18)5-13(12)19/h3-5,7-9H,6H2,1-2H3,(H,20,27)(H,23,26). The zero-order valence-electron chi connectivity index (χ0n) is 14.5. The lowest BCUT2D eigenvalue weighted by Crippen LogP contribution is -2.26. The third-order valence-corrected chi connectivity index (χ3v) is 4.34. The fraction of sp³-hybridized carbons (Fsp3) is 0.176. The summed E-state index contributed by atoms with van der Waals surface area (Å²) >= 11 is 11.9. The minimum Gasteiger partial charge on any atom is -0.346 e. The number of aromatic nitrogens is 4. The van der Waals surface area contributed by atoms with Crippen LogP contribution in [0.3, 0.4) is 0 Å². The number of amides is 2. The summed E-state index contributed by atoms with van der Waals surface area (Å²) in [6, 6.07) is 4.55. The molecule has 0 bridgehead atoms. The minimum absolute atomic E-state index is 0.214. The van der Waals surface area contributed by atoms with Gasteiger partial charge in [0.15, 0.2) is 0 Å². The van der Waals surface area contributed by atoms with Gasteiger partial charge >= 0.3 is 0 Å². The molecule has 2 heterocycles. The first-order chi connectivity index (χ1) is 12.8. The number of halogens is 2. The summed E-state index contributed by atoms with van der Waals surface area (Å²) in [4.78, 5) is 25.1. The molecular formula is C17H16Cl2N6O2. The zero-order chi connectivity index (χ0) is 19.6. The Balaban J connectivity index is 1.75. The van der Waals surface area contributed by atoms with Crippen LogP contribution >= 0.6 is 23.2 Å². The molecule has 27 heavy (non-hydrogen) atoms. The molecule has 0 aliphatic rings. The van der Waals surface area contributed by atoms with Gasteiger partial charge in [-0.25, -0.2) is 0 Å². The molecule has 0 aliphatic carbocycles. The molecule has 0 atom stereocenters. The first-order valence-corrected chi connectivity index (χ1v) is 8.65. The van der Waals surface area contributed by atoms with Crippen LogP contribution in [0.4, 0.5) is 5.69 Å². The van der Waals surface area contributed by atoms with Gasteiger partial charge in [-0.05, 0) is 18.2 Å². The summed E-state index contributed by atoms with van der Waals surface area (Å²) in [5.41, 5.74) is 1.59. The van der Waals surface area contributed by atoms with Crippen LogP contribution in [0, 0.1) is 0 Å². The van der Waals surface area contributed by atoms with Crippen molar-refractivity contribution in [2.45, 2.75) is 6.54 Å². The second kappa shape index (κ2) is 7.81. The van der Waals surface area contributed by atoms with Crippen molar-refractivity contribution in [3.05, 3.63) is 63.7 Å². The number of benzene rings is 1. The number of rotatable bonds is 5. The predicted molar refractivity (Wildman–Crippen MR) is 102 cm³/mol. The van der Waals surface area contributed by atoms with Crippen molar-refractivity contribution in [1.29, 1.82) is 0 Å². The van der Waals surface area contributed by atoms with Gasteiger partial charge in [0, 0.05) is 37.4 Å². The van der Waals surface area contributed by atoms with Crippen molar-refractivity contribution < 1.29 is 9.59 Å². The molecule has 3 rings (SSSR count). The van der Waals surface area contributed by atoms with Gasteiger partial charge in [0.2, 0.25) is 0 Å². The van der Waals surface area contributed by atoms with E-state index in [1.807, 2.05) is 0 Å². The summed E-state index contributed by atoms with van der Waals surface area (Å²) in [6.45, 7) is 0.300. The summed E-state index contributed by atoms with van der Waals surface area (Å²) < 4.78 is 3.03. The third kappa shape index (κ3) is 4.29. The van der Waals surface area contributed by atoms with Crippen molar-refractivity contribution >= 4 is 40.7 Å². The zero-order valence-corrected chi connectivity index (χ0v) is 16.0. The molecule has 8 nitrogen and oxygen atoms in total. The number of anilines is 1. The minimum atomic E-state index is -0.467. The molecule has 140 valence electrons. The van der Waals surface area contributed by atoms with Gasteiger partial charge in [-0.15, -0.1) is 0 Å². The Morgan fingerprint density at radius 3 is 2.56 bits per heavy atom. The Kier molecular flexibility index (Phi) is 5.48. The highest BCUT2D eigenvalue weighted by molar-refractivity contribution is 6.37. The largest absolute Gasteiger partial charge is 0.346 e. The van der Waals surface area contributed by atoms with Crippen LogP contribution in [0.25, 0.3) is 0 Å². The molecular weight excluding hydrogens is 391 g/mol. The number of carbonyl (C=O) groups is 2. The fourth-order valence-corrected chi connectivity index (χ4v) is 2.99. The molecule has 0 aliphatic heterocycles. The maximum absolute atomic E-state index is 12.6. The Labute approximate surface area is 165 Å². The summed E-state index contributed by atoms with van der Waals surface area (Å²) in [5, 5.41) is 14.2. The normalized spacial score (nSPS) is 10.7. The maximum Gasteiger partial charge on any atom is 0.271 e. The van der Waals surface area contributed by atoms with E-state index in [1.54, 1.807) is 37.2 Å². The van der Waals surface area contributed by atoms with Crippen LogP contribution in [-0.4, -0.2) is 31.4 Å². The lowest BCUT2D eigenvalue weighted by Gasteiger charge is -2.09. The van der Waals surface area contributed by atoms with Gasteiger partial charge in [-0.2, -0.15) is 10.2 Å². The highest BCUT2D eigenvalue weighted by Gasteiger charge is 2.20. The van der Waals surface area contributed by atoms with Crippen LogP contribution in [0.1, 0.15) is 26.4 Å². The van der Waals surface area contributed by atoms with Crippen molar-refractivity contribution in [2.75, 3.05) is 5.32 Å². The molecule has 3 aromatic rings. The van der Waals surface area contributed by atoms with Crippen LogP contribution in [0.15, 0.2) is 36.8 Å². The van der Waals surface area contributed by atoms with Gasteiger partial charge < -0.3 is 10.6 Å². The first-order valence-electron chi connectivity index (χ1n) is 7.89. The summed E-state index contributed by atoms with van der Waals surface area (Å²) in [6.07, 6.45) is 4.87. The molecule has 0 spiro atoms. The second-order valence-corrected chi connectivity index (χ2v) is 6.66. The van der Waals surface area contributed by atoms with Gasteiger partial charge in [-0.1, -0.05) is 23.2 Å². The predicted octanol–water partition coefficient (Wildman–Crippen LogP) is 2.64. The Hall–Kier alpha value is -2.84. The van der Waals surface area contributed by atoms with Crippen molar-refractivity contribution in [1.82, 2.24) is 24.9 Å². The molecule has 2 aromatic heterocycles. The monoisotopic (exact) mass is 406 g/mol. The number of hydrogen-bond acceptors (Lipinski definition) is 4. The SMILES string of the molecule is Cn1cc(CNC(=O)c2c(NC(=O)c3ccc(Cl)cc3Cl)cnn2C)cn1. The molecule has 2 N–H and O–H groups in total. The van der Waals surface area contributed by atoms with Crippen LogP contribution in [-0.2, 0) is 20.6 Å². The summed E-state index contributed by atoms with van der Waals surface area (Å²) in [7, 11) is 3.41. The van der Waals surface area contributed by atoms with E-state index in [2.05, 4.69) is 20.8 Å². The lowest BCUT2D eigenvalue weighted by atomic mass is 10.2. The Morgan fingerprint density at radius 1 is 1.11 bits per heavy atom. The molecule has 10 heteroatoms. The van der Waals surface area contributed by atoms with Crippen molar-refractivity contribution in [3.63, 3.8) is 0 Å². The smallest absolute Gasteiger partial charge is 0.271 e. The highest BCUT2D eigenvalue weighted by Crippen LogP contribution is 2.23. The topological polar surface area (TPSA) is 93.8 Å². The van der Waals surface area contributed by atoms with Crippen LogP contribution in [0.5, 0.6) is 0 Å². The average Bonchev–Trinajstić information content (AvgIpc) is 3.18. The van der Waals surface area contributed by atoms with E-state index in [4.69, 9.17) is 23.2 Å². The molecule has 1 aromatic carbocycles. The van der Waals surface area contributed by atoms with Gasteiger partial charge in [0.05, 0.1) is 28.7 Å². The van der Waals surface area contributed by atoms with E-state index in [9.17, 15) is 9.59 Å². The van der Waals surface area contributed by atoms with Gasteiger partial charge in [0.25, 0.3) is 11.8 Å². The number of nitrogens with one attached hydrogen (secondary N) is 2. The Morgan fingerprint density at radius 2 is 1.89 bits per heavy atom. The number of aryl methyl sites for hydroxylation is 2. The van der Waals surface area contributed by atoms with E-state index in [0.717, 1.165) is 5.56 Å². The number of hydrogen-bond donors (Lipinski definition) is 2.